The summed E-state index contributed by atoms with van der Waals surface area (Å²) in [5.74, 6) is 1.46. The molecule has 1 N–H and O–H groups in total. The first-order valence-corrected chi connectivity index (χ1v) is 10.0. The van der Waals surface area contributed by atoms with Gasteiger partial charge in [-0.05, 0) is 44.1 Å². The molecule has 3 rings (SSSR count). The molecule has 0 amide bonds. The van der Waals surface area contributed by atoms with E-state index in [1.807, 2.05) is 17.7 Å². The van der Waals surface area contributed by atoms with Crippen molar-refractivity contribution in [2.45, 2.75) is 34.2 Å². The lowest BCUT2D eigenvalue weighted by Crippen LogP contribution is -2.47. The number of benzene rings is 1. The molecule has 1 aliphatic heterocycles. The summed E-state index contributed by atoms with van der Waals surface area (Å²) in [6, 6.07) is 6.71. The summed E-state index contributed by atoms with van der Waals surface area (Å²) in [5.41, 5.74) is 2.99. The number of rotatable bonds is 7. The van der Waals surface area contributed by atoms with Crippen LogP contribution in [0, 0.1) is 18.7 Å². The number of nitrogens with zero attached hydrogens (tertiary/aromatic N) is 4. The topological polar surface area (TPSA) is 36.3 Å². The molecule has 0 saturated carbocycles. The third-order valence-electron chi connectivity index (χ3n) is 5.18. The molecule has 1 fully saturated rings. The van der Waals surface area contributed by atoms with E-state index in [0.29, 0.717) is 5.92 Å². The van der Waals surface area contributed by atoms with Gasteiger partial charge in [0.15, 0.2) is 0 Å². The second kappa shape index (κ2) is 8.85. The molecule has 6 heteroatoms. The van der Waals surface area contributed by atoms with Crippen LogP contribution in [0.3, 0.4) is 0 Å². The zero-order chi connectivity index (χ0) is 19.4. The van der Waals surface area contributed by atoms with E-state index in [1.165, 1.54) is 11.6 Å². The van der Waals surface area contributed by atoms with E-state index in [9.17, 15) is 4.39 Å². The van der Waals surface area contributed by atoms with Crippen LogP contribution in [0.25, 0.3) is 5.69 Å². The van der Waals surface area contributed by atoms with Crippen molar-refractivity contribution in [1.82, 2.24) is 20.0 Å². The van der Waals surface area contributed by atoms with Gasteiger partial charge in [0.2, 0.25) is 0 Å². The molecule has 1 aliphatic rings. The maximum atomic E-state index is 13.8. The van der Waals surface area contributed by atoms with Crippen molar-refractivity contribution in [1.29, 1.82) is 0 Å². The highest BCUT2D eigenvalue weighted by atomic mass is 19.1. The number of anilines is 1. The molecule has 1 aromatic carbocycles. The van der Waals surface area contributed by atoms with Gasteiger partial charge in [-0.3, -0.25) is 0 Å². The first kappa shape index (κ1) is 19.8. The zero-order valence-corrected chi connectivity index (χ0v) is 17.0. The van der Waals surface area contributed by atoms with Crippen LogP contribution in [0.5, 0.6) is 0 Å². The Morgan fingerprint density at radius 3 is 2.56 bits per heavy atom. The predicted octanol–water partition coefficient (Wildman–Crippen LogP) is 3.21. The highest BCUT2D eigenvalue weighted by Crippen LogP contribution is 2.28. The first-order valence-electron chi connectivity index (χ1n) is 10.0. The molecule has 0 bridgehead atoms. The molecule has 0 spiro atoms. The van der Waals surface area contributed by atoms with E-state index < -0.39 is 0 Å². The Kier molecular flexibility index (Phi) is 6.50. The largest absolute Gasteiger partial charge is 0.354 e. The van der Waals surface area contributed by atoms with Crippen LogP contribution < -0.4 is 10.2 Å². The fraction of sp³-hybridized carbons (Fsp3) is 0.571. The van der Waals surface area contributed by atoms with Gasteiger partial charge in [0.25, 0.3) is 0 Å². The molecule has 2 heterocycles. The predicted molar refractivity (Wildman–Crippen MR) is 109 cm³/mol. The van der Waals surface area contributed by atoms with Crippen LogP contribution in [0.4, 0.5) is 10.2 Å². The number of likely N-dealkylation sites (N-methyl/N-ethyl adjacent to an activating group) is 1. The Morgan fingerprint density at radius 1 is 1.19 bits per heavy atom. The third kappa shape index (κ3) is 4.68. The van der Waals surface area contributed by atoms with Crippen molar-refractivity contribution < 1.29 is 4.39 Å². The fourth-order valence-electron chi connectivity index (χ4n) is 3.63. The zero-order valence-electron chi connectivity index (χ0n) is 17.0. The molecule has 5 nitrogen and oxygen atoms in total. The Bertz CT molecular complexity index is 747. The molecular weight excluding hydrogens is 341 g/mol. The number of nitrogens with one attached hydrogen (secondary N) is 1. The van der Waals surface area contributed by atoms with Gasteiger partial charge in [0.05, 0.1) is 11.4 Å². The van der Waals surface area contributed by atoms with Gasteiger partial charge >= 0.3 is 0 Å². The maximum absolute atomic E-state index is 13.8. The van der Waals surface area contributed by atoms with Gasteiger partial charge in [-0.1, -0.05) is 26.8 Å². The van der Waals surface area contributed by atoms with Crippen LogP contribution in [0.1, 0.15) is 32.0 Å². The Hall–Kier alpha value is -1.92. The van der Waals surface area contributed by atoms with Gasteiger partial charge in [0.1, 0.15) is 11.6 Å². The van der Waals surface area contributed by atoms with Crippen LogP contribution in [-0.2, 0) is 6.54 Å². The normalized spacial score (nSPS) is 15.7. The smallest absolute Gasteiger partial charge is 0.137 e. The second-order valence-electron chi connectivity index (χ2n) is 7.73. The van der Waals surface area contributed by atoms with Crippen molar-refractivity contribution in [2.75, 3.05) is 44.2 Å². The highest BCUT2D eigenvalue weighted by molar-refractivity contribution is 5.55. The maximum Gasteiger partial charge on any atom is 0.137 e. The molecule has 27 heavy (non-hydrogen) atoms. The molecule has 0 unspecified atom stereocenters. The Morgan fingerprint density at radius 2 is 1.93 bits per heavy atom. The number of halogens is 1. The standard InChI is InChI=1S/C21H32FN5/c1-5-25-9-11-26(12-10-25)21-20(15-23-14-16(2)3)17(4)24-27(21)19-8-6-7-18(22)13-19/h6-8,13,16,23H,5,9-12,14-15H2,1-4H3. The van der Waals surface area contributed by atoms with E-state index in [4.69, 9.17) is 5.10 Å². The summed E-state index contributed by atoms with van der Waals surface area (Å²) < 4.78 is 15.8. The van der Waals surface area contributed by atoms with E-state index in [1.54, 1.807) is 12.1 Å². The monoisotopic (exact) mass is 373 g/mol. The fourth-order valence-corrected chi connectivity index (χ4v) is 3.63. The molecular formula is C21H32FN5. The lowest BCUT2D eigenvalue weighted by atomic mass is 10.2. The highest BCUT2D eigenvalue weighted by Gasteiger charge is 2.25. The van der Waals surface area contributed by atoms with Crippen LogP contribution in [0.15, 0.2) is 24.3 Å². The van der Waals surface area contributed by atoms with E-state index in [2.05, 4.69) is 35.9 Å². The number of piperazine rings is 1. The van der Waals surface area contributed by atoms with Crippen LogP contribution in [0.2, 0.25) is 0 Å². The minimum Gasteiger partial charge on any atom is -0.354 e. The van der Waals surface area contributed by atoms with Crippen molar-refractivity contribution in [3.8, 4) is 5.69 Å². The van der Waals surface area contributed by atoms with Crippen molar-refractivity contribution in [3.63, 3.8) is 0 Å². The first-order chi connectivity index (χ1) is 13.0. The molecule has 0 radical (unpaired) electrons. The number of aryl methyl sites for hydroxylation is 1. The number of hydrogen-bond donors (Lipinski definition) is 1. The minimum atomic E-state index is -0.234. The second-order valence-corrected chi connectivity index (χ2v) is 7.73. The summed E-state index contributed by atoms with van der Waals surface area (Å²) in [5, 5.41) is 8.34. The average Bonchev–Trinajstić information content (AvgIpc) is 2.98. The quantitative estimate of drug-likeness (QED) is 0.809. The molecule has 148 valence electrons. The van der Waals surface area contributed by atoms with Gasteiger partial charge < -0.3 is 15.1 Å². The summed E-state index contributed by atoms with van der Waals surface area (Å²) in [6.45, 7) is 15.5. The molecule has 1 saturated heterocycles. The summed E-state index contributed by atoms with van der Waals surface area (Å²) in [4.78, 5) is 4.87. The van der Waals surface area contributed by atoms with Crippen molar-refractivity contribution in [2.24, 2.45) is 5.92 Å². The summed E-state index contributed by atoms with van der Waals surface area (Å²) >= 11 is 0. The minimum absolute atomic E-state index is 0.234. The number of hydrogen-bond acceptors (Lipinski definition) is 4. The van der Waals surface area contributed by atoms with Gasteiger partial charge in [0, 0.05) is 38.3 Å². The lowest BCUT2D eigenvalue weighted by molar-refractivity contribution is 0.270. The van der Waals surface area contributed by atoms with Gasteiger partial charge in [-0.25, -0.2) is 9.07 Å². The molecule has 0 aliphatic carbocycles. The molecule has 2 aromatic rings. The van der Waals surface area contributed by atoms with E-state index in [-0.39, 0.29) is 5.82 Å². The number of aromatic nitrogens is 2. The third-order valence-corrected chi connectivity index (χ3v) is 5.18. The van der Waals surface area contributed by atoms with Crippen LogP contribution >= 0.6 is 0 Å². The van der Waals surface area contributed by atoms with Crippen molar-refractivity contribution in [3.05, 3.63) is 41.3 Å². The Balaban J connectivity index is 1.95. The van der Waals surface area contributed by atoms with Crippen LogP contribution in [-0.4, -0.2) is 53.9 Å². The van der Waals surface area contributed by atoms with Crippen molar-refractivity contribution >= 4 is 5.82 Å². The molecule has 0 atom stereocenters. The van der Waals surface area contributed by atoms with E-state index in [0.717, 1.165) is 63.0 Å². The average molecular weight is 374 g/mol. The lowest BCUT2D eigenvalue weighted by Gasteiger charge is -2.36. The van der Waals surface area contributed by atoms with Gasteiger partial charge in [-0.2, -0.15) is 5.10 Å². The SMILES string of the molecule is CCN1CCN(c2c(CNCC(C)C)c(C)nn2-c2cccc(F)c2)CC1. The summed E-state index contributed by atoms with van der Waals surface area (Å²) in [6.07, 6.45) is 0. The van der Waals surface area contributed by atoms with E-state index >= 15 is 0 Å². The summed E-state index contributed by atoms with van der Waals surface area (Å²) in [7, 11) is 0. The Labute approximate surface area is 162 Å². The van der Waals surface area contributed by atoms with Gasteiger partial charge in [-0.15, -0.1) is 0 Å². The molecule has 1 aromatic heterocycles.